The molecule has 1 saturated heterocycles. The minimum absolute atomic E-state index is 0.102. The molecule has 0 aliphatic carbocycles. The molecule has 0 unspecified atom stereocenters. The number of aromatic nitrogens is 2. The maximum absolute atomic E-state index is 11.8. The molecule has 6 nitrogen and oxygen atoms in total. The second-order valence-electron chi connectivity index (χ2n) is 4.09. The van der Waals surface area contributed by atoms with Crippen LogP contribution in [-0.2, 0) is 0 Å². The van der Waals surface area contributed by atoms with E-state index in [2.05, 4.69) is 20.8 Å². The molecule has 1 aliphatic heterocycles. The normalized spacial score (nSPS) is 15.5. The molecule has 2 amide bonds. The number of likely N-dealkylation sites (tertiary alicyclic amines) is 1. The topological polar surface area (TPSA) is 70.1 Å². The van der Waals surface area contributed by atoms with Crippen LogP contribution in [0.4, 0.5) is 10.6 Å². The SMILES string of the molecule is Cc1nccnc1NNC(=O)N1CCCCC1. The molecule has 1 fully saturated rings. The lowest BCUT2D eigenvalue weighted by molar-refractivity contribution is 0.188. The highest BCUT2D eigenvalue weighted by molar-refractivity contribution is 5.75. The second-order valence-corrected chi connectivity index (χ2v) is 4.09. The first-order valence-corrected chi connectivity index (χ1v) is 5.86. The molecule has 2 N–H and O–H groups in total. The summed E-state index contributed by atoms with van der Waals surface area (Å²) in [5.41, 5.74) is 6.20. The van der Waals surface area contributed by atoms with Crippen LogP contribution >= 0.6 is 0 Å². The summed E-state index contributed by atoms with van der Waals surface area (Å²) in [6.45, 7) is 3.49. The van der Waals surface area contributed by atoms with Crippen molar-refractivity contribution in [1.82, 2.24) is 20.3 Å². The van der Waals surface area contributed by atoms with Gasteiger partial charge in [-0.2, -0.15) is 0 Å². The van der Waals surface area contributed by atoms with E-state index in [4.69, 9.17) is 0 Å². The van der Waals surface area contributed by atoms with Crippen LogP contribution in [0.25, 0.3) is 0 Å². The molecule has 6 heteroatoms. The van der Waals surface area contributed by atoms with Gasteiger partial charge in [0, 0.05) is 25.5 Å². The van der Waals surface area contributed by atoms with E-state index < -0.39 is 0 Å². The van der Waals surface area contributed by atoms with Gasteiger partial charge in [0.05, 0.1) is 5.69 Å². The van der Waals surface area contributed by atoms with Gasteiger partial charge >= 0.3 is 6.03 Å². The minimum Gasteiger partial charge on any atom is -0.323 e. The molecule has 0 radical (unpaired) electrons. The van der Waals surface area contributed by atoms with Crippen molar-refractivity contribution in [1.29, 1.82) is 0 Å². The standard InChI is InChI=1S/C11H17N5O/c1-9-10(13-6-5-12-9)14-15-11(17)16-7-3-2-4-8-16/h5-6H,2-4,7-8H2,1H3,(H,13,14)(H,15,17). The third-order valence-electron chi connectivity index (χ3n) is 2.81. The molecule has 0 aromatic carbocycles. The lowest BCUT2D eigenvalue weighted by Gasteiger charge is -2.26. The number of carbonyl (C=O) groups excluding carboxylic acids is 1. The van der Waals surface area contributed by atoms with E-state index in [9.17, 15) is 4.79 Å². The number of nitrogens with zero attached hydrogens (tertiary/aromatic N) is 3. The van der Waals surface area contributed by atoms with Crippen molar-refractivity contribution in [3.63, 3.8) is 0 Å². The Labute approximate surface area is 100 Å². The molecule has 2 heterocycles. The number of rotatable bonds is 2. The van der Waals surface area contributed by atoms with Gasteiger partial charge in [-0.25, -0.2) is 9.78 Å². The minimum atomic E-state index is -0.102. The van der Waals surface area contributed by atoms with Crippen LogP contribution in [0.2, 0.25) is 0 Å². The molecule has 0 saturated carbocycles. The maximum atomic E-state index is 11.8. The second kappa shape index (κ2) is 5.47. The van der Waals surface area contributed by atoms with Crippen molar-refractivity contribution in [3.05, 3.63) is 18.1 Å². The summed E-state index contributed by atoms with van der Waals surface area (Å²) >= 11 is 0. The molecular formula is C11H17N5O. The van der Waals surface area contributed by atoms with Gasteiger partial charge in [0.25, 0.3) is 0 Å². The number of carbonyl (C=O) groups is 1. The van der Waals surface area contributed by atoms with E-state index in [1.165, 1.54) is 6.42 Å². The number of hydrazine groups is 1. The number of piperidine rings is 1. The van der Waals surface area contributed by atoms with Crippen molar-refractivity contribution >= 4 is 11.8 Å². The van der Waals surface area contributed by atoms with Gasteiger partial charge in [-0.3, -0.25) is 15.8 Å². The first-order chi connectivity index (χ1) is 8.27. The maximum Gasteiger partial charge on any atom is 0.336 e. The van der Waals surface area contributed by atoms with E-state index >= 15 is 0 Å². The summed E-state index contributed by atoms with van der Waals surface area (Å²) in [4.78, 5) is 21.8. The highest BCUT2D eigenvalue weighted by atomic mass is 16.2. The summed E-state index contributed by atoms with van der Waals surface area (Å²) in [7, 11) is 0. The number of nitrogens with one attached hydrogen (secondary N) is 2. The zero-order valence-electron chi connectivity index (χ0n) is 9.94. The third kappa shape index (κ3) is 3.05. The average Bonchev–Trinajstić information content (AvgIpc) is 2.38. The van der Waals surface area contributed by atoms with Crippen LogP contribution in [0, 0.1) is 6.92 Å². The Morgan fingerprint density at radius 3 is 2.65 bits per heavy atom. The van der Waals surface area contributed by atoms with Crippen LogP contribution in [0.3, 0.4) is 0 Å². The largest absolute Gasteiger partial charge is 0.336 e. The number of aryl methyl sites for hydroxylation is 1. The fourth-order valence-electron chi connectivity index (χ4n) is 1.82. The summed E-state index contributed by atoms with van der Waals surface area (Å²) in [5, 5.41) is 0. The molecule has 1 aromatic rings. The zero-order chi connectivity index (χ0) is 12.1. The average molecular weight is 235 g/mol. The van der Waals surface area contributed by atoms with E-state index in [1.807, 2.05) is 11.8 Å². The van der Waals surface area contributed by atoms with Gasteiger partial charge in [-0.05, 0) is 26.2 Å². The smallest absolute Gasteiger partial charge is 0.323 e. The third-order valence-corrected chi connectivity index (χ3v) is 2.81. The van der Waals surface area contributed by atoms with E-state index in [-0.39, 0.29) is 6.03 Å². The Kier molecular flexibility index (Phi) is 3.74. The number of amides is 2. The zero-order valence-corrected chi connectivity index (χ0v) is 9.94. The fourth-order valence-corrected chi connectivity index (χ4v) is 1.82. The summed E-state index contributed by atoms with van der Waals surface area (Å²) in [6.07, 6.45) is 6.57. The van der Waals surface area contributed by atoms with Gasteiger partial charge in [0.15, 0.2) is 5.82 Å². The first-order valence-electron chi connectivity index (χ1n) is 5.86. The number of hydrogen-bond donors (Lipinski definition) is 2. The summed E-state index contributed by atoms with van der Waals surface area (Å²) in [5.74, 6) is 0.581. The van der Waals surface area contributed by atoms with Crippen LogP contribution < -0.4 is 10.9 Å². The van der Waals surface area contributed by atoms with Crippen molar-refractivity contribution in [2.45, 2.75) is 26.2 Å². The van der Waals surface area contributed by atoms with Crippen molar-refractivity contribution in [2.75, 3.05) is 18.5 Å². The van der Waals surface area contributed by atoms with Gasteiger partial charge in [0.2, 0.25) is 0 Å². The van der Waals surface area contributed by atoms with E-state index in [0.29, 0.717) is 5.82 Å². The van der Waals surface area contributed by atoms with Gasteiger partial charge in [0.1, 0.15) is 0 Å². The fraction of sp³-hybridized carbons (Fsp3) is 0.545. The lowest BCUT2D eigenvalue weighted by atomic mass is 10.1. The Morgan fingerprint density at radius 2 is 1.94 bits per heavy atom. The summed E-state index contributed by atoms with van der Waals surface area (Å²) < 4.78 is 0. The Morgan fingerprint density at radius 1 is 1.24 bits per heavy atom. The molecular weight excluding hydrogens is 218 g/mol. The monoisotopic (exact) mass is 235 g/mol. The summed E-state index contributed by atoms with van der Waals surface area (Å²) in [6, 6.07) is -0.102. The van der Waals surface area contributed by atoms with Crippen molar-refractivity contribution in [3.8, 4) is 0 Å². The molecule has 2 rings (SSSR count). The highest BCUT2D eigenvalue weighted by Gasteiger charge is 2.16. The predicted molar refractivity (Wildman–Crippen MR) is 64.3 cm³/mol. The molecule has 1 aromatic heterocycles. The number of anilines is 1. The molecule has 0 spiro atoms. The Hall–Kier alpha value is -1.85. The van der Waals surface area contributed by atoms with Crippen molar-refractivity contribution < 1.29 is 4.79 Å². The molecule has 0 atom stereocenters. The quantitative estimate of drug-likeness (QED) is 0.758. The van der Waals surface area contributed by atoms with Crippen LogP contribution in [0.1, 0.15) is 25.0 Å². The first kappa shape index (κ1) is 11.6. The molecule has 92 valence electrons. The molecule has 17 heavy (non-hydrogen) atoms. The van der Waals surface area contributed by atoms with Gasteiger partial charge in [-0.15, -0.1) is 0 Å². The number of hydrogen-bond acceptors (Lipinski definition) is 4. The van der Waals surface area contributed by atoms with Crippen molar-refractivity contribution in [2.24, 2.45) is 0 Å². The Balaban J connectivity index is 1.85. The van der Waals surface area contributed by atoms with Gasteiger partial charge in [-0.1, -0.05) is 0 Å². The van der Waals surface area contributed by atoms with Gasteiger partial charge < -0.3 is 4.90 Å². The number of urea groups is 1. The van der Waals surface area contributed by atoms with Crippen LogP contribution in [-0.4, -0.2) is 34.0 Å². The van der Waals surface area contributed by atoms with Crippen LogP contribution in [0.15, 0.2) is 12.4 Å². The lowest BCUT2D eigenvalue weighted by Crippen LogP contribution is -2.45. The van der Waals surface area contributed by atoms with E-state index in [1.54, 1.807) is 12.4 Å². The van der Waals surface area contributed by atoms with Crippen LogP contribution in [0.5, 0.6) is 0 Å². The molecule has 1 aliphatic rings. The predicted octanol–water partition coefficient (Wildman–Crippen LogP) is 1.31. The van der Waals surface area contributed by atoms with E-state index in [0.717, 1.165) is 31.6 Å². The molecule has 0 bridgehead atoms. The Bertz CT molecular complexity index is 389. The highest BCUT2D eigenvalue weighted by Crippen LogP contribution is 2.09.